The fourth-order valence-electron chi connectivity index (χ4n) is 2.87. The van der Waals surface area contributed by atoms with E-state index in [0.717, 1.165) is 48.4 Å². The number of H-pyrrole nitrogens is 1. The quantitative estimate of drug-likeness (QED) is 0.899. The van der Waals surface area contributed by atoms with Crippen molar-refractivity contribution in [2.45, 2.75) is 32.9 Å². The maximum Gasteiger partial charge on any atom is 0.255 e. The van der Waals surface area contributed by atoms with Gasteiger partial charge in [-0.3, -0.25) is 10.1 Å². The molecule has 1 aliphatic rings. The van der Waals surface area contributed by atoms with E-state index in [1.54, 1.807) is 0 Å². The molecular weight excluding hydrogens is 252 g/mol. The van der Waals surface area contributed by atoms with Crippen molar-refractivity contribution in [1.82, 2.24) is 20.2 Å². The third kappa shape index (κ3) is 2.29. The molecule has 1 fully saturated rings. The van der Waals surface area contributed by atoms with Gasteiger partial charge in [-0.15, -0.1) is 0 Å². The van der Waals surface area contributed by atoms with Gasteiger partial charge in [0.1, 0.15) is 5.82 Å². The Labute approximate surface area is 118 Å². The fraction of sp³-hybridized carbons (Fsp3) is 0.467. The Morgan fingerprint density at radius 3 is 3.05 bits per heavy atom. The summed E-state index contributed by atoms with van der Waals surface area (Å²) in [6.07, 6.45) is 2.34. The summed E-state index contributed by atoms with van der Waals surface area (Å²) < 4.78 is 0. The third-order valence-corrected chi connectivity index (χ3v) is 3.86. The van der Waals surface area contributed by atoms with Gasteiger partial charge in [-0.1, -0.05) is 0 Å². The van der Waals surface area contributed by atoms with Crippen LogP contribution in [0.15, 0.2) is 18.2 Å². The maximum atomic E-state index is 12.7. The lowest BCUT2D eigenvalue weighted by atomic mass is 10.1. The van der Waals surface area contributed by atoms with E-state index < -0.39 is 0 Å². The summed E-state index contributed by atoms with van der Waals surface area (Å²) in [6.45, 7) is 5.66. The Hall–Kier alpha value is -1.88. The first-order valence-corrected chi connectivity index (χ1v) is 7.19. The lowest BCUT2D eigenvalue weighted by Crippen LogP contribution is -2.45. The highest BCUT2D eigenvalue weighted by Crippen LogP contribution is 2.18. The lowest BCUT2D eigenvalue weighted by molar-refractivity contribution is 0.0674. The summed E-state index contributed by atoms with van der Waals surface area (Å²) in [4.78, 5) is 22.1. The monoisotopic (exact) mass is 272 g/mol. The zero-order chi connectivity index (χ0) is 14.1. The van der Waals surface area contributed by atoms with Gasteiger partial charge in [0, 0.05) is 12.1 Å². The highest BCUT2D eigenvalue weighted by molar-refractivity contribution is 5.97. The van der Waals surface area contributed by atoms with Crippen molar-refractivity contribution in [2.24, 2.45) is 0 Å². The maximum absolute atomic E-state index is 12.7. The molecule has 106 valence electrons. The number of nitrogens with zero attached hydrogens (tertiary/aromatic N) is 2. The molecule has 5 nitrogen and oxygen atoms in total. The molecule has 2 heterocycles. The number of carbonyl (C=O) groups excluding carboxylic acids is 1. The average Bonchev–Trinajstić information content (AvgIpc) is 3.06. The Morgan fingerprint density at radius 2 is 2.35 bits per heavy atom. The molecule has 3 rings (SSSR count). The van der Waals surface area contributed by atoms with Gasteiger partial charge in [0.15, 0.2) is 0 Å². The number of nitrogens with one attached hydrogen (secondary N) is 2. The van der Waals surface area contributed by atoms with Gasteiger partial charge in [0.2, 0.25) is 0 Å². The Morgan fingerprint density at radius 1 is 1.50 bits per heavy atom. The van der Waals surface area contributed by atoms with Crippen molar-refractivity contribution in [3.05, 3.63) is 29.6 Å². The average molecular weight is 272 g/mol. The van der Waals surface area contributed by atoms with Gasteiger partial charge in [0.25, 0.3) is 5.91 Å². The Balaban J connectivity index is 1.89. The molecule has 1 aliphatic heterocycles. The van der Waals surface area contributed by atoms with E-state index in [1.807, 2.05) is 36.9 Å². The molecule has 20 heavy (non-hydrogen) atoms. The molecule has 0 aliphatic carbocycles. The lowest BCUT2D eigenvalue weighted by Gasteiger charge is -2.27. The first-order valence-electron chi connectivity index (χ1n) is 7.19. The predicted octanol–water partition coefficient (Wildman–Crippen LogP) is 2.04. The van der Waals surface area contributed by atoms with Gasteiger partial charge in [0.05, 0.1) is 17.2 Å². The van der Waals surface area contributed by atoms with Crippen LogP contribution in [0.25, 0.3) is 11.0 Å². The van der Waals surface area contributed by atoms with Crippen LogP contribution in [0.1, 0.15) is 35.9 Å². The summed E-state index contributed by atoms with van der Waals surface area (Å²) in [5.74, 6) is 0.954. The summed E-state index contributed by atoms with van der Waals surface area (Å²) in [6, 6.07) is 5.67. The van der Waals surface area contributed by atoms with Crippen LogP contribution in [0.4, 0.5) is 0 Å². The number of aromatic amines is 1. The molecule has 0 saturated carbocycles. The molecule has 0 radical (unpaired) electrons. The Kier molecular flexibility index (Phi) is 3.44. The van der Waals surface area contributed by atoms with Crippen molar-refractivity contribution in [2.75, 3.05) is 13.1 Å². The molecule has 1 atom stereocenters. The van der Waals surface area contributed by atoms with E-state index in [4.69, 9.17) is 0 Å². The molecule has 0 spiro atoms. The van der Waals surface area contributed by atoms with Gasteiger partial charge >= 0.3 is 0 Å². The highest BCUT2D eigenvalue weighted by Gasteiger charge is 2.25. The Bertz CT molecular complexity index is 628. The van der Waals surface area contributed by atoms with Gasteiger partial charge in [-0.2, -0.15) is 0 Å². The van der Waals surface area contributed by atoms with Crippen molar-refractivity contribution in [1.29, 1.82) is 0 Å². The van der Waals surface area contributed by atoms with Crippen molar-refractivity contribution < 1.29 is 4.79 Å². The molecule has 2 aromatic rings. The molecule has 1 aromatic heterocycles. The number of rotatable bonds is 3. The van der Waals surface area contributed by atoms with E-state index in [2.05, 4.69) is 15.3 Å². The minimum Gasteiger partial charge on any atom is -0.342 e. The molecule has 5 heteroatoms. The summed E-state index contributed by atoms with van der Waals surface area (Å²) in [5.41, 5.74) is 2.54. The van der Waals surface area contributed by atoms with E-state index in [9.17, 15) is 4.79 Å². The number of aryl methyl sites for hydroxylation is 1. The normalized spacial score (nSPS) is 18.6. The largest absolute Gasteiger partial charge is 0.342 e. The number of amides is 1. The first-order chi connectivity index (χ1) is 9.69. The smallest absolute Gasteiger partial charge is 0.255 e. The van der Waals surface area contributed by atoms with Crippen LogP contribution in [0.5, 0.6) is 0 Å². The number of benzene rings is 1. The van der Waals surface area contributed by atoms with Crippen LogP contribution in [-0.2, 0) is 0 Å². The molecule has 1 aromatic carbocycles. The number of imidazole rings is 1. The van der Waals surface area contributed by atoms with Gasteiger partial charge in [-0.25, -0.2) is 4.98 Å². The second kappa shape index (κ2) is 5.25. The highest BCUT2D eigenvalue weighted by atomic mass is 16.2. The molecule has 1 unspecified atom stereocenters. The third-order valence-electron chi connectivity index (χ3n) is 3.86. The first kappa shape index (κ1) is 13.1. The number of hydrogen-bond donors (Lipinski definition) is 2. The van der Waals surface area contributed by atoms with Crippen LogP contribution in [0, 0.1) is 6.92 Å². The molecular formula is C15H20N4O. The number of hydrogen-bond acceptors (Lipinski definition) is 3. The summed E-state index contributed by atoms with van der Waals surface area (Å²) in [5, 5.41) is 3.38. The minimum absolute atomic E-state index is 0.0843. The van der Waals surface area contributed by atoms with Crippen LogP contribution in [-0.4, -0.2) is 40.0 Å². The molecule has 2 N–H and O–H groups in total. The predicted molar refractivity (Wildman–Crippen MR) is 78.6 cm³/mol. The van der Waals surface area contributed by atoms with Crippen LogP contribution >= 0.6 is 0 Å². The van der Waals surface area contributed by atoms with Gasteiger partial charge in [-0.05, 0) is 51.4 Å². The zero-order valence-corrected chi connectivity index (χ0v) is 11.9. The van der Waals surface area contributed by atoms with Gasteiger partial charge < -0.3 is 9.88 Å². The molecule has 1 amide bonds. The second-order valence-electron chi connectivity index (χ2n) is 5.26. The second-order valence-corrected chi connectivity index (χ2v) is 5.26. The summed E-state index contributed by atoms with van der Waals surface area (Å²) >= 11 is 0. The number of carbonyl (C=O) groups is 1. The topological polar surface area (TPSA) is 61.0 Å². The van der Waals surface area contributed by atoms with Crippen LogP contribution < -0.4 is 5.32 Å². The SMILES string of the molecule is CCN(C(=O)c1ccc2nc(C)[nH]c2c1)C1CCCN1. The molecule has 1 saturated heterocycles. The van der Waals surface area contributed by atoms with E-state index in [0.29, 0.717) is 0 Å². The number of aromatic nitrogens is 2. The van der Waals surface area contributed by atoms with E-state index in [1.165, 1.54) is 0 Å². The van der Waals surface area contributed by atoms with E-state index in [-0.39, 0.29) is 12.1 Å². The number of fused-ring (bicyclic) bond motifs is 1. The van der Waals surface area contributed by atoms with Crippen molar-refractivity contribution in [3.63, 3.8) is 0 Å². The fourth-order valence-corrected chi connectivity index (χ4v) is 2.87. The zero-order valence-electron chi connectivity index (χ0n) is 11.9. The molecule has 0 bridgehead atoms. The van der Waals surface area contributed by atoms with Crippen LogP contribution in [0.3, 0.4) is 0 Å². The van der Waals surface area contributed by atoms with E-state index >= 15 is 0 Å². The van der Waals surface area contributed by atoms with Crippen molar-refractivity contribution in [3.8, 4) is 0 Å². The van der Waals surface area contributed by atoms with Crippen molar-refractivity contribution >= 4 is 16.9 Å². The summed E-state index contributed by atoms with van der Waals surface area (Å²) in [7, 11) is 0. The standard InChI is InChI=1S/C15H20N4O/c1-3-19(14-5-4-8-16-14)15(20)11-6-7-12-13(9-11)18-10(2)17-12/h6-7,9,14,16H,3-5,8H2,1-2H3,(H,17,18). The van der Waals surface area contributed by atoms with Crippen LogP contribution in [0.2, 0.25) is 0 Å². The minimum atomic E-state index is 0.0843.